The van der Waals surface area contributed by atoms with E-state index < -0.39 is 0 Å². The van der Waals surface area contributed by atoms with E-state index in [1.165, 1.54) is 0 Å². The van der Waals surface area contributed by atoms with Gasteiger partial charge in [0.15, 0.2) is 0 Å². The number of rotatable bonds is 0. The van der Waals surface area contributed by atoms with Crippen LogP contribution in [0.1, 0.15) is 41.0 Å². The largest absolute Gasteiger partial charge is 0.339 e. The molecule has 0 aromatic rings. The highest BCUT2D eigenvalue weighted by molar-refractivity contribution is 5.82. The summed E-state index contributed by atoms with van der Waals surface area (Å²) in [5.74, 6) is 0.954. The Hall–Kier alpha value is -0.530. The van der Waals surface area contributed by atoms with Crippen molar-refractivity contribution in [3.63, 3.8) is 0 Å². The predicted molar refractivity (Wildman–Crippen MR) is 54.4 cm³/mol. The maximum Gasteiger partial charge on any atom is 0.228 e. The Kier molecular flexibility index (Phi) is 2.69. The Morgan fingerprint density at radius 2 is 1.85 bits per heavy atom. The monoisotopic (exact) mass is 183 g/mol. The minimum atomic E-state index is -0.224. The third-order valence-corrected chi connectivity index (χ3v) is 3.04. The topological polar surface area (TPSA) is 20.3 Å². The third-order valence-electron chi connectivity index (χ3n) is 3.04. The molecular weight excluding hydrogens is 162 g/mol. The molecule has 2 nitrogen and oxygen atoms in total. The number of hydrogen-bond acceptors (Lipinski definition) is 1. The molecule has 1 aliphatic heterocycles. The van der Waals surface area contributed by atoms with E-state index >= 15 is 0 Å². The van der Waals surface area contributed by atoms with Gasteiger partial charge in [0.2, 0.25) is 5.91 Å². The molecule has 13 heavy (non-hydrogen) atoms. The molecule has 0 N–H and O–H groups in total. The number of nitrogens with zero attached hydrogens (tertiary/aromatic N) is 1. The first-order chi connectivity index (χ1) is 5.84. The molecule has 0 unspecified atom stereocenters. The summed E-state index contributed by atoms with van der Waals surface area (Å²) < 4.78 is 0. The van der Waals surface area contributed by atoms with Gasteiger partial charge in [-0.2, -0.15) is 0 Å². The third kappa shape index (κ3) is 2.04. The Balaban J connectivity index is 2.69. The van der Waals surface area contributed by atoms with E-state index in [2.05, 4.69) is 13.8 Å². The maximum absolute atomic E-state index is 11.9. The van der Waals surface area contributed by atoms with E-state index in [0.29, 0.717) is 17.9 Å². The van der Waals surface area contributed by atoms with Gasteiger partial charge < -0.3 is 4.90 Å². The Morgan fingerprint density at radius 3 is 2.15 bits per heavy atom. The molecule has 0 spiro atoms. The average Bonchev–Trinajstić information content (AvgIpc) is 2.30. The molecule has 1 fully saturated rings. The fourth-order valence-electron chi connectivity index (χ4n) is 1.81. The standard InChI is InChI=1S/C11H21NO/c1-8-6-7-12(9(8)2)10(13)11(3,4)5/h8-9H,6-7H2,1-5H3/t8-,9+/m1/s1. The van der Waals surface area contributed by atoms with E-state index in [1.807, 2.05) is 25.7 Å². The zero-order valence-electron chi connectivity index (χ0n) is 9.42. The quantitative estimate of drug-likeness (QED) is 0.564. The Bertz CT molecular complexity index is 205. The van der Waals surface area contributed by atoms with Gasteiger partial charge >= 0.3 is 0 Å². The Labute approximate surface area is 81.3 Å². The summed E-state index contributed by atoms with van der Waals surface area (Å²) in [5, 5.41) is 0. The van der Waals surface area contributed by atoms with Crippen LogP contribution in [0.15, 0.2) is 0 Å². The van der Waals surface area contributed by atoms with Crippen LogP contribution < -0.4 is 0 Å². The summed E-state index contributed by atoms with van der Waals surface area (Å²) in [6, 6.07) is 0.423. The van der Waals surface area contributed by atoms with Gasteiger partial charge in [0, 0.05) is 18.0 Å². The van der Waals surface area contributed by atoms with Crippen LogP contribution in [0.25, 0.3) is 0 Å². The average molecular weight is 183 g/mol. The van der Waals surface area contributed by atoms with Gasteiger partial charge in [0.25, 0.3) is 0 Å². The lowest BCUT2D eigenvalue weighted by molar-refractivity contribution is -0.140. The van der Waals surface area contributed by atoms with Gasteiger partial charge in [0.05, 0.1) is 0 Å². The number of likely N-dealkylation sites (tertiary alicyclic amines) is 1. The van der Waals surface area contributed by atoms with Crippen molar-refractivity contribution in [3.05, 3.63) is 0 Å². The summed E-state index contributed by atoms with van der Waals surface area (Å²) in [6.45, 7) is 11.3. The first-order valence-electron chi connectivity index (χ1n) is 5.15. The summed E-state index contributed by atoms with van der Waals surface area (Å²) in [5.41, 5.74) is -0.224. The van der Waals surface area contributed by atoms with Crippen molar-refractivity contribution in [2.75, 3.05) is 6.54 Å². The van der Waals surface area contributed by atoms with Crippen LogP contribution in [0.5, 0.6) is 0 Å². The highest BCUT2D eigenvalue weighted by Gasteiger charge is 2.35. The fraction of sp³-hybridized carbons (Fsp3) is 0.909. The smallest absolute Gasteiger partial charge is 0.228 e. The van der Waals surface area contributed by atoms with Crippen molar-refractivity contribution < 1.29 is 4.79 Å². The molecule has 1 heterocycles. The summed E-state index contributed by atoms with van der Waals surface area (Å²) in [7, 11) is 0. The lowest BCUT2D eigenvalue weighted by Crippen LogP contribution is -2.42. The van der Waals surface area contributed by atoms with Crippen molar-refractivity contribution in [2.45, 2.75) is 47.1 Å². The van der Waals surface area contributed by atoms with Crippen LogP contribution in [0.2, 0.25) is 0 Å². The van der Waals surface area contributed by atoms with Gasteiger partial charge in [-0.1, -0.05) is 27.7 Å². The minimum Gasteiger partial charge on any atom is -0.339 e. The highest BCUT2D eigenvalue weighted by atomic mass is 16.2. The fourth-order valence-corrected chi connectivity index (χ4v) is 1.81. The normalized spacial score (nSPS) is 29.5. The molecule has 1 saturated heterocycles. The molecule has 1 aliphatic rings. The Morgan fingerprint density at radius 1 is 1.31 bits per heavy atom. The van der Waals surface area contributed by atoms with Crippen LogP contribution in [0.4, 0.5) is 0 Å². The van der Waals surface area contributed by atoms with Crippen LogP contribution in [-0.2, 0) is 4.79 Å². The molecule has 0 bridgehead atoms. The SMILES string of the molecule is C[C@@H]1CCN(C(=O)C(C)(C)C)[C@H]1C. The molecule has 0 radical (unpaired) electrons. The number of carbonyl (C=O) groups is 1. The van der Waals surface area contributed by atoms with Gasteiger partial charge in [-0.05, 0) is 19.3 Å². The zero-order valence-corrected chi connectivity index (χ0v) is 9.42. The molecule has 1 amide bonds. The molecule has 0 aromatic carbocycles. The number of amides is 1. The van der Waals surface area contributed by atoms with Crippen molar-refractivity contribution in [3.8, 4) is 0 Å². The maximum atomic E-state index is 11.9. The molecule has 1 rings (SSSR count). The van der Waals surface area contributed by atoms with Crippen LogP contribution >= 0.6 is 0 Å². The van der Waals surface area contributed by atoms with E-state index in [-0.39, 0.29) is 5.41 Å². The number of carbonyl (C=O) groups excluding carboxylic acids is 1. The lowest BCUT2D eigenvalue weighted by atomic mass is 9.94. The first-order valence-corrected chi connectivity index (χ1v) is 5.15. The lowest BCUT2D eigenvalue weighted by Gasteiger charge is -2.30. The highest BCUT2D eigenvalue weighted by Crippen LogP contribution is 2.28. The minimum absolute atomic E-state index is 0.224. The second-order valence-corrected chi connectivity index (χ2v) is 5.26. The molecule has 2 atom stereocenters. The van der Waals surface area contributed by atoms with E-state index in [0.717, 1.165) is 13.0 Å². The van der Waals surface area contributed by atoms with Crippen LogP contribution in [0, 0.1) is 11.3 Å². The van der Waals surface area contributed by atoms with Crippen molar-refractivity contribution in [1.82, 2.24) is 4.90 Å². The van der Waals surface area contributed by atoms with Crippen molar-refractivity contribution in [2.24, 2.45) is 11.3 Å². The summed E-state index contributed by atoms with van der Waals surface area (Å²) in [4.78, 5) is 14.0. The van der Waals surface area contributed by atoms with E-state index in [4.69, 9.17) is 0 Å². The van der Waals surface area contributed by atoms with Gasteiger partial charge in [-0.15, -0.1) is 0 Å². The molecule has 0 aliphatic carbocycles. The molecule has 2 heteroatoms. The first kappa shape index (κ1) is 10.6. The second-order valence-electron chi connectivity index (χ2n) is 5.26. The zero-order chi connectivity index (χ0) is 10.2. The van der Waals surface area contributed by atoms with Crippen LogP contribution in [0.3, 0.4) is 0 Å². The van der Waals surface area contributed by atoms with Crippen molar-refractivity contribution >= 4 is 5.91 Å². The van der Waals surface area contributed by atoms with Crippen LogP contribution in [-0.4, -0.2) is 23.4 Å². The predicted octanol–water partition coefficient (Wildman–Crippen LogP) is 2.29. The van der Waals surface area contributed by atoms with Gasteiger partial charge in [0.1, 0.15) is 0 Å². The molecule has 76 valence electrons. The summed E-state index contributed by atoms with van der Waals surface area (Å²) in [6.07, 6.45) is 1.16. The van der Waals surface area contributed by atoms with E-state index in [1.54, 1.807) is 0 Å². The molecule has 0 aromatic heterocycles. The number of hydrogen-bond donors (Lipinski definition) is 0. The summed E-state index contributed by atoms with van der Waals surface area (Å²) >= 11 is 0. The van der Waals surface area contributed by atoms with Gasteiger partial charge in [-0.25, -0.2) is 0 Å². The van der Waals surface area contributed by atoms with Gasteiger partial charge in [-0.3, -0.25) is 4.79 Å². The molecular formula is C11H21NO. The van der Waals surface area contributed by atoms with Crippen molar-refractivity contribution in [1.29, 1.82) is 0 Å². The molecule has 0 saturated carbocycles. The second kappa shape index (κ2) is 3.32. The van der Waals surface area contributed by atoms with E-state index in [9.17, 15) is 4.79 Å².